The topological polar surface area (TPSA) is 42.4 Å². The number of ether oxygens (including phenoxy) is 1. The normalized spacial score (nSPS) is 12.4. The maximum Gasteiger partial charge on any atom is 0.323 e. The van der Waals surface area contributed by atoms with E-state index in [-0.39, 0.29) is 12.0 Å². The molecule has 1 aromatic heterocycles. The molecular formula is C14H22N2O2. The predicted octanol–water partition coefficient (Wildman–Crippen LogP) is 1.90. The van der Waals surface area contributed by atoms with E-state index in [1.54, 1.807) is 12.4 Å². The largest absolute Gasteiger partial charge is 0.465 e. The first kappa shape index (κ1) is 14.6. The molecule has 1 heterocycles. The second-order valence-corrected chi connectivity index (χ2v) is 4.26. The molecule has 0 radical (unpaired) electrons. The van der Waals surface area contributed by atoms with Crippen molar-refractivity contribution in [2.24, 2.45) is 0 Å². The quantitative estimate of drug-likeness (QED) is 0.693. The Kier molecular flexibility index (Phi) is 6.36. The van der Waals surface area contributed by atoms with Gasteiger partial charge in [0.15, 0.2) is 0 Å². The van der Waals surface area contributed by atoms with Gasteiger partial charge in [-0.1, -0.05) is 6.92 Å². The third-order valence-electron chi connectivity index (χ3n) is 2.98. The Labute approximate surface area is 109 Å². The number of pyridine rings is 1. The van der Waals surface area contributed by atoms with E-state index >= 15 is 0 Å². The second kappa shape index (κ2) is 7.82. The van der Waals surface area contributed by atoms with Crippen molar-refractivity contribution in [3.05, 3.63) is 30.1 Å². The lowest BCUT2D eigenvalue weighted by atomic mass is 10.1. The van der Waals surface area contributed by atoms with Crippen LogP contribution in [0, 0.1) is 0 Å². The third kappa shape index (κ3) is 4.45. The number of rotatable bonds is 7. The average molecular weight is 250 g/mol. The number of aromatic nitrogens is 1. The maximum atomic E-state index is 11.8. The number of hydrogen-bond acceptors (Lipinski definition) is 4. The lowest BCUT2D eigenvalue weighted by Gasteiger charge is -2.25. The van der Waals surface area contributed by atoms with Crippen molar-refractivity contribution >= 4 is 5.97 Å². The zero-order valence-electron chi connectivity index (χ0n) is 11.4. The standard InChI is InChI=1S/C14H22N2O2/c1-4-13(14(17)18-5-2)16(3)11-8-12-6-9-15-10-7-12/h6-7,9-10,13H,4-5,8,11H2,1-3H3. The van der Waals surface area contributed by atoms with Crippen LogP contribution in [0.15, 0.2) is 24.5 Å². The van der Waals surface area contributed by atoms with E-state index in [0.717, 1.165) is 19.4 Å². The summed E-state index contributed by atoms with van der Waals surface area (Å²) in [6.07, 6.45) is 5.26. The minimum absolute atomic E-state index is 0.128. The van der Waals surface area contributed by atoms with Gasteiger partial charge in [-0.05, 0) is 44.5 Å². The summed E-state index contributed by atoms with van der Waals surface area (Å²) in [5.74, 6) is -0.128. The fourth-order valence-corrected chi connectivity index (χ4v) is 1.91. The molecule has 0 saturated heterocycles. The Morgan fingerprint density at radius 1 is 1.39 bits per heavy atom. The van der Waals surface area contributed by atoms with Crippen molar-refractivity contribution in [2.75, 3.05) is 20.2 Å². The van der Waals surface area contributed by atoms with Crippen molar-refractivity contribution in [1.29, 1.82) is 0 Å². The van der Waals surface area contributed by atoms with Gasteiger partial charge in [-0.2, -0.15) is 0 Å². The van der Waals surface area contributed by atoms with Gasteiger partial charge >= 0.3 is 5.97 Å². The minimum Gasteiger partial charge on any atom is -0.465 e. The molecule has 4 nitrogen and oxygen atoms in total. The van der Waals surface area contributed by atoms with Gasteiger partial charge in [0.05, 0.1) is 6.61 Å². The molecule has 0 aromatic carbocycles. The van der Waals surface area contributed by atoms with Crippen LogP contribution in [0.5, 0.6) is 0 Å². The lowest BCUT2D eigenvalue weighted by Crippen LogP contribution is -2.40. The van der Waals surface area contributed by atoms with Gasteiger partial charge in [0.25, 0.3) is 0 Å². The zero-order valence-corrected chi connectivity index (χ0v) is 11.4. The van der Waals surface area contributed by atoms with E-state index in [0.29, 0.717) is 6.61 Å². The van der Waals surface area contributed by atoms with Crippen LogP contribution in [0.25, 0.3) is 0 Å². The highest BCUT2D eigenvalue weighted by Crippen LogP contribution is 2.06. The zero-order chi connectivity index (χ0) is 13.4. The molecule has 0 N–H and O–H groups in total. The summed E-state index contributed by atoms with van der Waals surface area (Å²) in [6, 6.07) is 3.85. The molecule has 0 saturated carbocycles. The molecule has 0 fully saturated rings. The number of esters is 1. The summed E-state index contributed by atoms with van der Waals surface area (Å²) in [4.78, 5) is 17.8. The highest BCUT2D eigenvalue weighted by molar-refractivity contribution is 5.75. The Bertz CT molecular complexity index is 354. The highest BCUT2D eigenvalue weighted by atomic mass is 16.5. The monoisotopic (exact) mass is 250 g/mol. The van der Waals surface area contributed by atoms with Crippen LogP contribution in [-0.2, 0) is 16.0 Å². The molecule has 4 heteroatoms. The molecule has 0 aliphatic carbocycles. The molecule has 1 atom stereocenters. The fourth-order valence-electron chi connectivity index (χ4n) is 1.91. The van der Waals surface area contributed by atoms with Crippen LogP contribution < -0.4 is 0 Å². The molecule has 100 valence electrons. The van der Waals surface area contributed by atoms with Crippen LogP contribution in [0.2, 0.25) is 0 Å². The molecule has 0 spiro atoms. The summed E-state index contributed by atoms with van der Waals surface area (Å²) in [6.45, 7) is 5.11. The molecule has 1 unspecified atom stereocenters. The van der Waals surface area contributed by atoms with Crippen molar-refractivity contribution < 1.29 is 9.53 Å². The van der Waals surface area contributed by atoms with Crippen LogP contribution in [0.3, 0.4) is 0 Å². The third-order valence-corrected chi connectivity index (χ3v) is 2.98. The van der Waals surface area contributed by atoms with Crippen molar-refractivity contribution in [1.82, 2.24) is 9.88 Å². The number of hydrogen-bond donors (Lipinski definition) is 0. The van der Waals surface area contributed by atoms with Gasteiger partial charge in [-0.15, -0.1) is 0 Å². The Morgan fingerprint density at radius 3 is 2.61 bits per heavy atom. The molecule has 0 bridgehead atoms. The van der Waals surface area contributed by atoms with Crippen LogP contribution in [0.4, 0.5) is 0 Å². The van der Waals surface area contributed by atoms with E-state index in [4.69, 9.17) is 4.74 Å². The molecular weight excluding hydrogens is 228 g/mol. The van der Waals surface area contributed by atoms with Gasteiger partial charge in [0.2, 0.25) is 0 Å². The number of carbonyl (C=O) groups excluding carboxylic acids is 1. The predicted molar refractivity (Wildman–Crippen MR) is 71.3 cm³/mol. The van der Waals surface area contributed by atoms with E-state index in [2.05, 4.69) is 9.88 Å². The number of likely N-dealkylation sites (N-methyl/N-ethyl adjacent to an activating group) is 1. The summed E-state index contributed by atoms with van der Waals surface area (Å²) in [5, 5.41) is 0. The highest BCUT2D eigenvalue weighted by Gasteiger charge is 2.21. The number of carbonyl (C=O) groups is 1. The summed E-state index contributed by atoms with van der Waals surface area (Å²) in [7, 11) is 1.96. The van der Waals surface area contributed by atoms with E-state index < -0.39 is 0 Å². The Hall–Kier alpha value is -1.42. The SMILES string of the molecule is CCOC(=O)C(CC)N(C)CCc1ccncc1. The first-order valence-corrected chi connectivity index (χ1v) is 6.44. The first-order valence-electron chi connectivity index (χ1n) is 6.44. The summed E-state index contributed by atoms with van der Waals surface area (Å²) in [5.41, 5.74) is 1.23. The van der Waals surface area contributed by atoms with Crippen molar-refractivity contribution in [3.8, 4) is 0 Å². The Balaban J connectivity index is 2.47. The van der Waals surface area contributed by atoms with Gasteiger partial charge in [-0.3, -0.25) is 14.7 Å². The molecule has 1 rings (SSSR count). The van der Waals surface area contributed by atoms with E-state index in [9.17, 15) is 4.79 Å². The fraction of sp³-hybridized carbons (Fsp3) is 0.571. The van der Waals surface area contributed by atoms with Crippen molar-refractivity contribution in [3.63, 3.8) is 0 Å². The average Bonchev–Trinajstić information content (AvgIpc) is 2.39. The van der Waals surface area contributed by atoms with Gasteiger partial charge in [0.1, 0.15) is 6.04 Å². The number of nitrogens with zero attached hydrogens (tertiary/aromatic N) is 2. The molecule has 0 aliphatic rings. The van der Waals surface area contributed by atoms with Crippen LogP contribution in [0.1, 0.15) is 25.8 Å². The first-order chi connectivity index (χ1) is 8.69. The van der Waals surface area contributed by atoms with Crippen LogP contribution >= 0.6 is 0 Å². The molecule has 0 amide bonds. The second-order valence-electron chi connectivity index (χ2n) is 4.26. The Morgan fingerprint density at radius 2 is 2.06 bits per heavy atom. The lowest BCUT2D eigenvalue weighted by molar-refractivity contribution is -0.149. The molecule has 18 heavy (non-hydrogen) atoms. The van der Waals surface area contributed by atoms with Crippen LogP contribution in [-0.4, -0.2) is 42.1 Å². The minimum atomic E-state index is -0.146. The van der Waals surface area contributed by atoms with Crippen molar-refractivity contribution in [2.45, 2.75) is 32.7 Å². The van der Waals surface area contributed by atoms with E-state index in [1.165, 1.54) is 5.56 Å². The summed E-state index contributed by atoms with van der Waals surface area (Å²) < 4.78 is 5.08. The molecule has 0 aliphatic heterocycles. The van der Waals surface area contributed by atoms with E-state index in [1.807, 2.05) is 33.0 Å². The maximum absolute atomic E-state index is 11.8. The van der Waals surface area contributed by atoms with Gasteiger partial charge in [0, 0.05) is 18.9 Å². The smallest absolute Gasteiger partial charge is 0.323 e. The summed E-state index contributed by atoms with van der Waals surface area (Å²) >= 11 is 0. The van der Waals surface area contributed by atoms with Gasteiger partial charge in [-0.25, -0.2) is 0 Å². The molecule has 1 aromatic rings. The van der Waals surface area contributed by atoms with Gasteiger partial charge < -0.3 is 4.74 Å².